The quantitative estimate of drug-likeness (QED) is 0.206. The molecule has 7 heteroatoms. The normalized spacial score (nSPS) is 7.58. The molecule has 0 bridgehead atoms. The predicted octanol–water partition coefficient (Wildman–Crippen LogP) is -3.33. The van der Waals surface area contributed by atoms with E-state index in [1.54, 1.807) is 0 Å². The maximum atomic E-state index is 9.56. The maximum absolute atomic E-state index is 9.56. The van der Waals surface area contributed by atoms with Crippen molar-refractivity contribution in [2.45, 2.75) is 19.3 Å². The summed E-state index contributed by atoms with van der Waals surface area (Å²) < 4.78 is 25.3. The average Bonchev–Trinajstić information content (AvgIpc) is 1.88. The van der Waals surface area contributed by atoms with Crippen molar-refractivity contribution in [3.8, 4) is 0 Å². The van der Waals surface area contributed by atoms with Gasteiger partial charge in [-0.15, -0.1) is 11.4 Å². The molecular weight excluding hydrogens is 195 g/mol. The number of rotatable bonds is 4. The molecule has 0 saturated carbocycles. The van der Waals surface area contributed by atoms with Gasteiger partial charge in [0.2, 0.25) is 0 Å². The molecule has 0 atom stereocenters. The number of unbranched alkanes of at least 4 members (excludes halogenated alkanes) is 2. The molecule has 0 aliphatic rings. The van der Waals surface area contributed by atoms with E-state index >= 15 is 0 Å². The van der Waals surface area contributed by atoms with Gasteiger partial charge in [-0.3, -0.25) is 4.21 Å². The van der Waals surface area contributed by atoms with Crippen LogP contribution in [0.25, 0.3) is 0 Å². The van der Waals surface area contributed by atoms with E-state index in [4.69, 9.17) is 13.3 Å². The molecule has 5 nitrogen and oxygen atoms in total. The van der Waals surface area contributed by atoms with Crippen molar-refractivity contribution in [3.63, 3.8) is 0 Å². The minimum Gasteiger partial charge on any atom is -0.784 e. The Kier molecular flexibility index (Phi) is 26.6. The molecule has 0 rings (SSSR count). The first-order chi connectivity index (χ1) is 5.15. The second-order valence-corrected chi connectivity index (χ2v) is 1.88. The van der Waals surface area contributed by atoms with Gasteiger partial charge in [0.25, 0.3) is 0 Å². The van der Waals surface area contributed by atoms with Crippen LogP contribution in [0, 0.1) is 0 Å². The van der Waals surface area contributed by atoms with Crippen LogP contribution in [0.15, 0.2) is 0 Å². The van der Waals surface area contributed by atoms with Gasteiger partial charge in [0, 0.05) is 12.8 Å². The van der Waals surface area contributed by atoms with Crippen LogP contribution in [0.4, 0.5) is 0 Å². The van der Waals surface area contributed by atoms with Crippen LogP contribution in [-0.2, 0) is 21.0 Å². The van der Waals surface area contributed by atoms with Crippen molar-refractivity contribution in [1.82, 2.24) is 0 Å². The molecule has 0 radical (unpaired) electrons. The summed E-state index contributed by atoms with van der Waals surface area (Å²) in [5.41, 5.74) is 0. The summed E-state index contributed by atoms with van der Waals surface area (Å²) in [6.07, 6.45) is 3.37. The van der Waals surface area contributed by atoms with Gasteiger partial charge in [-0.2, -0.15) is 0 Å². The molecule has 0 aromatic rings. The van der Waals surface area contributed by atoms with Crippen LogP contribution in [0.3, 0.4) is 0 Å². The van der Waals surface area contributed by atoms with Crippen LogP contribution in [0.5, 0.6) is 0 Å². The molecule has 0 aromatic carbocycles. The summed E-state index contributed by atoms with van der Waals surface area (Å²) in [7, 11) is 0. The number of carbonyl (C=O) groups excluding carboxylic acids is 2. The van der Waals surface area contributed by atoms with Crippen LogP contribution >= 0.6 is 0 Å². The average molecular weight is 204 g/mol. The number of hydrogen-bond acceptors (Lipinski definition) is 5. The number of hydrogen-bond donors (Lipinski definition) is 0. The Morgan fingerprint density at radius 2 is 1.42 bits per heavy atom. The van der Waals surface area contributed by atoms with Gasteiger partial charge >= 0.3 is 31.0 Å². The van der Waals surface area contributed by atoms with Gasteiger partial charge in [-0.05, 0) is 6.42 Å². The van der Waals surface area contributed by atoms with E-state index in [-0.39, 0.29) is 31.0 Å². The summed E-state index contributed by atoms with van der Waals surface area (Å²) in [5, 5.41) is 0. The number of carbonyl (C=O) groups is 2. The fourth-order valence-corrected chi connectivity index (χ4v) is 0.285. The molecular formula is C5H9NaO5S. The van der Waals surface area contributed by atoms with E-state index in [0.717, 1.165) is 12.6 Å². The Hall–Kier alpha value is 0.410. The Balaban J connectivity index is -0.0000000600. The zero-order valence-electron chi connectivity index (χ0n) is 7.73. The molecule has 66 valence electrons. The zero-order valence-corrected chi connectivity index (χ0v) is 9.54. The van der Waals surface area contributed by atoms with E-state index in [0.29, 0.717) is 19.3 Å². The Bertz CT molecular complexity index is 122. The van der Waals surface area contributed by atoms with E-state index in [9.17, 15) is 9.59 Å². The summed E-state index contributed by atoms with van der Waals surface area (Å²) in [6.45, 7) is 0. The van der Waals surface area contributed by atoms with E-state index in [1.807, 2.05) is 0 Å². The summed E-state index contributed by atoms with van der Waals surface area (Å²) >= 11 is -3.11. The van der Waals surface area contributed by atoms with Gasteiger partial charge in [0.05, 0.1) is 0 Å². The van der Waals surface area contributed by atoms with Gasteiger partial charge < -0.3 is 18.7 Å². The number of aldehydes is 2. The van der Waals surface area contributed by atoms with Crippen molar-refractivity contribution in [1.29, 1.82) is 0 Å². The van der Waals surface area contributed by atoms with Crippen molar-refractivity contribution in [2.24, 2.45) is 0 Å². The molecule has 0 aromatic heterocycles. The second-order valence-electron chi connectivity index (χ2n) is 1.47. The third-order valence-corrected chi connectivity index (χ3v) is 0.644. The van der Waals surface area contributed by atoms with Crippen molar-refractivity contribution >= 4 is 23.9 Å². The minimum atomic E-state index is -3.11. The van der Waals surface area contributed by atoms with Crippen molar-refractivity contribution in [3.05, 3.63) is 0 Å². The first kappa shape index (κ1) is 18.2. The molecule has 0 amide bonds. The Morgan fingerprint density at radius 3 is 1.58 bits per heavy atom. The molecule has 0 saturated heterocycles. The molecule has 12 heavy (non-hydrogen) atoms. The van der Waals surface area contributed by atoms with Crippen LogP contribution in [-0.4, -0.2) is 25.9 Å². The van der Waals surface area contributed by atoms with Crippen LogP contribution in [0.2, 0.25) is 0 Å². The zero-order chi connectivity index (χ0) is 9.11. The van der Waals surface area contributed by atoms with Gasteiger partial charge in [-0.1, -0.05) is 0 Å². The second kappa shape index (κ2) is 17.5. The topological polar surface area (TPSA) is 97.3 Å². The van der Waals surface area contributed by atoms with Gasteiger partial charge in [0.1, 0.15) is 12.6 Å². The summed E-state index contributed by atoms with van der Waals surface area (Å²) in [6, 6.07) is 0. The maximum Gasteiger partial charge on any atom is 1.00 e. The third kappa shape index (κ3) is 47.4. The molecule has 0 N–H and O–H groups in total. The van der Waals surface area contributed by atoms with Gasteiger partial charge in [-0.25, -0.2) is 0 Å². The smallest absolute Gasteiger partial charge is 0.784 e. The van der Waals surface area contributed by atoms with Crippen molar-refractivity contribution in [2.75, 3.05) is 0 Å². The van der Waals surface area contributed by atoms with Gasteiger partial charge in [0.15, 0.2) is 0 Å². The largest absolute Gasteiger partial charge is 1.00 e. The summed E-state index contributed by atoms with van der Waals surface area (Å²) in [4.78, 5) is 19.1. The Morgan fingerprint density at radius 1 is 1.17 bits per heavy atom. The Labute approximate surface area is 96.8 Å². The predicted molar refractivity (Wildman–Crippen MR) is 36.8 cm³/mol. The molecule has 0 heterocycles. The molecule has 0 fully saturated rings. The fourth-order valence-electron chi connectivity index (χ4n) is 0.285. The van der Waals surface area contributed by atoms with E-state index in [2.05, 4.69) is 0 Å². The van der Waals surface area contributed by atoms with Crippen molar-refractivity contribution < 1.29 is 53.9 Å². The fraction of sp³-hybridized carbons (Fsp3) is 0.600. The van der Waals surface area contributed by atoms with Crippen LogP contribution < -0.4 is 29.6 Å². The van der Waals surface area contributed by atoms with E-state index < -0.39 is 11.4 Å². The monoisotopic (exact) mass is 204 g/mol. The third-order valence-electron chi connectivity index (χ3n) is 0.644. The first-order valence-electron chi connectivity index (χ1n) is 2.79. The first-order valence-corrected chi connectivity index (χ1v) is 3.79. The van der Waals surface area contributed by atoms with E-state index in [1.165, 1.54) is 0 Å². The van der Waals surface area contributed by atoms with Crippen LogP contribution in [0.1, 0.15) is 20.7 Å². The standard InChI is InChI=1S/C5H8O2.Na.H2O3S/c6-4-2-1-3-5-7;;1-4(2)3/h4-5H,1-3H2;;(H2,1,2,3)/q;+1;/p-1. The molecule has 0 spiro atoms. The molecule has 0 aliphatic heterocycles. The molecule has 0 aliphatic carbocycles. The minimum absolute atomic E-state index is 0. The summed E-state index contributed by atoms with van der Waals surface area (Å²) in [5.74, 6) is 0. The molecule has 0 unspecified atom stereocenters. The SMILES string of the molecule is O=CCCCC=O.O=S([O-])[O-].[H+].[Na+].